The molecule has 2 aromatic rings. The maximum absolute atomic E-state index is 12.8. The molecular formula is C21H26N2O2S. The van der Waals surface area contributed by atoms with E-state index >= 15 is 0 Å². The quantitative estimate of drug-likeness (QED) is 0.697. The molecule has 0 saturated carbocycles. The van der Waals surface area contributed by atoms with E-state index in [1.54, 1.807) is 11.3 Å². The number of aryl methyl sites for hydroxylation is 1. The number of carbonyl (C=O) groups is 1. The molecule has 2 saturated heterocycles. The molecule has 2 aliphatic heterocycles. The van der Waals surface area contributed by atoms with Crippen LogP contribution in [0.1, 0.15) is 36.9 Å². The van der Waals surface area contributed by atoms with Gasteiger partial charge in [-0.1, -0.05) is 30.3 Å². The number of ether oxygens (including phenoxy) is 1. The van der Waals surface area contributed by atoms with Crippen LogP contribution in [0.4, 0.5) is 0 Å². The molecule has 3 heterocycles. The zero-order valence-electron chi connectivity index (χ0n) is 15.3. The Morgan fingerprint density at radius 2 is 2.19 bits per heavy atom. The number of methoxy groups -OCH3 is 1. The third kappa shape index (κ3) is 3.19. The van der Waals surface area contributed by atoms with Gasteiger partial charge in [-0.3, -0.25) is 9.69 Å². The Morgan fingerprint density at radius 3 is 2.92 bits per heavy atom. The highest BCUT2D eigenvalue weighted by Gasteiger charge is 2.60. The van der Waals surface area contributed by atoms with Gasteiger partial charge in [0.15, 0.2) is 0 Å². The van der Waals surface area contributed by atoms with E-state index in [1.807, 2.05) is 5.51 Å². The summed E-state index contributed by atoms with van der Waals surface area (Å²) in [4.78, 5) is 19.9. The van der Waals surface area contributed by atoms with Gasteiger partial charge in [0, 0.05) is 23.9 Å². The van der Waals surface area contributed by atoms with Crippen molar-refractivity contribution < 1.29 is 9.53 Å². The molecule has 26 heavy (non-hydrogen) atoms. The molecule has 0 amide bonds. The Balaban J connectivity index is 1.47. The van der Waals surface area contributed by atoms with E-state index in [0.717, 1.165) is 37.9 Å². The van der Waals surface area contributed by atoms with Crippen LogP contribution in [0.2, 0.25) is 0 Å². The van der Waals surface area contributed by atoms with Crippen molar-refractivity contribution in [1.29, 1.82) is 0 Å². The zero-order chi connectivity index (χ0) is 18.0. The van der Waals surface area contributed by atoms with Gasteiger partial charge in [0.2, 0.25) is 0 Å². The van der Waals surface area contributed by atoms with Gasteiger partial charge in [0.1, 0.15) is 0 Å². The summed E-state index contributed by atoms with van der Waals surface area (Å²) in [6.07, 6.45) is 6.13. The number of hydrogen-bond donors (Lipinski definition) is 0. The molecule has 2 bridgehead atoms. The van der Waals surface area contributed by atoms with Crippen LogP contribution in [0.3, 0.4) is 0 Å². The molecule has 0 spiro atoms. The molecule has 4 nitrogen and oxygen atoms in total. The SMILES string of the molecule is COC(=O)[C@@]1(Cc2cscn2)C[C@H]2CC[C@@H]1N2CCCc1ccccc1. The van der Waals surface area contributed by atoms with Gasteiger partial charge in [-0.05, 0) is 44.2 Å². The summed E-state index contributed by atoms with van der Waals surface area (Å²) in [5, 5.41) is 2.07. The molecule has 2 fully saturated rings. The Morgan fingerprint density at radius 1 is 1.35 bits per heavy atom. The number of nitrogens with zero attached hydrogens (tertiary/aromatic N) is 2. The van der Waals surface area contributed by atoms with E-state index in [0.29, 0.717) is 12.5 Å². The van der Waals surface area contributed by atoms with Gasteiger partial charge < -0.3 is 4.74 Å². The molecule has 0 radical (unpaired) electrons. The second-order valence-electron chi connectivity index (χ2n) is 7.58. The Kier molecular flexibility index (Phi) is 5.09. The molecule has 1 aromatic heterocycles. The fourth-order valence-electron chi connectivity index (χ4n) is 5.09. The van der Waals surface area contributed by atoms with Gasteiger partial charge in [-0.15, -0.1) is 11.3 Å². The number of benzene rings is 1. The van der Waals surface area contributed by atoms with E-state index in [1.165, 1.54) is 19.1 Å². The lowest BCUT2D eigenvalue weighted by atomic mass is 9.71. The fraction of sp³-hybridized carbons (Fsp3) is 0.524. The minimum absolute atomic E-state index is 0.0502. The summed E-state index contributed by atoms with van der Waals surface area (Å²) in [6, 6.07) is 11.5. The maximum Gasteiger partial charge on any atom is 0.313 e. The van der Waals surface area contributed by atoms with Crippen molar-refractivity contribution in [1.82, 2.24) is 9.88 Å². The average Bonchev–Trinajstić information content (AvgIpc) is 3.38. The standard InChI is InChI=1S/C21H26N2O2S/c1-25-20(24)21(12-17-14-26-15-22-17)13-18-9-10-19(21)23(18)11-5-8-16-6-3-2-4-7-16/h2-4,6-7,14-15,18-19H,5,8-13H2,1H3/t18-,19+,21+/m1/s1. The second kappa shape index (κ2) is 7.49. The Hall–Kier alpha value is -1.72. The van der Waals surface area contributed by atoms with Gasteiger partial charge in [0.25, 0.3) is 0 Å². The number of hydrogen-bond acceptors (Lipinski definition) is 5. The van der Waals surface area contributed by atoms with E-state index in [4.69, 9.17) is 4.74 Å². The summed E-state index contributed by atoms with van der Waals surface area (Å²) in [6.45, 7) is 1.06. The number of rotatable bonds is 7. The number of thiazole rings is 1. The number of esters is 1. The van der Waals surface area contributed by atoms with Crippen LogP contribution in [-0.4, -0.2) is 41.6 Å². The second-order valence-corrected chi connectivity index (χ2v) is 8.30. The highest BCUT2D eigenvalue weighted by atomic mass is 32.1. The summed E-state index contributed by atoms with van der Waals surface area (Å²) in [5.41, 5.74) is 3.85. The molecule has 0 aliphatic carbocycles. The largest absolute Gasteiger partial charge is 0.469 e. The topological polar surface area (TPSA) is 42.4 Å². The molecule has 5 heteroatoms. The van der Waals surface area contributed by atoms with E-state index in [9.17, 15) is 4.79 Å². The lowest BCUT2D eigenvalue weighted by Gasteiger charge is -2.34. The fourth-order valence-corrected chi connectivity index (χ4v) is 5.65. The van der Waals surface area contributed by atoms with Crippen LogP contribution in [0.25, 0.3) is 0 Å². The molecule has 4 rings (SSSR count). The van der Waals surface area contributed by atoms with Gasteiger partial charge >= 0.3 is 5.97 Å². The van der Waals surface area contributed by atoms with Crippen LogP contribution >= 0.6 is 11.3 Å². The summed E-state index contributed by atoms with van der Waals surface area (Å²) < 4.78 is 5.27. The molecule has 2 aliphatic rings. The van der Waals surface area contributed by atoms with Crippen LogP contribution in [-0.2, 0) is 22.4 Å². The van der Waals surface area contributed by atoms with Crippen molar-refractivity contribution in [3.05, 3.63) is 52.5 Å². The monoisotopic (exact) mass is 370 g/mol. The minimum atomic E-state index is -0.418. The van der Waals surface area contributed by atoms with Crippen LogP contribution in [0.15, 0.2) is 41.2 Å². The highest BCUT2D eigenvalue weighted by Crippen LogP contribution is 2.52. The first-order valence-corrected chi connectivity index (χ1v) is 10.4. The summed E-state index contributed by atoms with van der Waals surface area (Å²) in [7, 11) is 1.52. The minimum Gasteiger partial charge on any atom is -0.469 e. The predicted octanol–water partition coefficient (Wildman–Crippen LogP) is 3.71. The van der Waals surface area contributed by atoms with Gasteiger partial charge in [0.05, 0.1) is 23.7 Å². The lowest BCUT2D eigenvalue weighted by Crippen LogP contribution is -2.46. The Bertz CT molecular complexity index is 734. The number of aromatic nitrogens is 1. The van der Waals surface area contributed by atoms with E-state index in [2.05, 4.69) is 45.6 Å². The third-order valence-corrected chi connectivity index (χ3v) is 6.81. The van der Waals surface area contributed by atoms with E-state index in [-0.39, 0.29) is 12.0 Å². The molecule has 1 aromatic carbocycles. The average molecular weight is 371 g/mol. The van der Waals surface area contributed by atoms with Crippen molar-refractivity contribution in [3.8, 4) is 0 Å². The smallest absolute Gasteiger partial charge is 0.313 e. The van der Waals surface area contributed by atoms with Crippen molar-refractivity contribution in [3.63, 3.8) is 0 Å². The summed E-state index contributed by atoms with van der Waals surface area (Å²) >= 11 is 1.60. The first-order chi connectivity index (χ1) is 12.7. The Labute approximate surface area is 159 Å². The highest BCUT2D eigenvalue weighted by molar-refractivity contribution is 7.07. The zero-order valence-corrected chi connectivity index (χ0v) is 16.1. The number of carbonyl (C=O) groups excluding carboxylic acids is 1. The first-order valence-electron chi connectivity index (χ1n) is 9.48. The molecular weight excluding hydrogens is 344 g/mol. The predicted molar refractivity (Wildman–Crippen MR) is 103 cm³/mol. The molecule has 138 valence electrons. The van der Waals surface area contributed by atoms with Crippen molar-refractivity contribution >= 4 is 17.3 Å². The van der Waals surface area contributed by atoms with Crippen LogP contribution in [0, 0.1) is 5.41 Å². The first kappa shape index (κ1) is 17.7. The summed E-state index contributed by atoms with van der Waals surface area (Å²) in [5.74, 6) is -0.0502. The molecule has 3 atom stereocenters. The van der Waals surface area contributed by atoms with Gasteiger partial charge in [-0.2, -0.15) is 0 Å². The lowest BCUT2D eigenvalue weighted by molar-refractivity contribution is -0.155. The number of fused-ring (bicyclic) bond motifs is 2. The van der Waals surface area contributed by atoms with Crippen molar-refractivity contribution in [2.45, 2.75) is 50.6 Å². The normalized spacial score (nSPS) is 27.7. The van der Waals surface area contributed by atoms with Crippen molar-refractivity contribution in [2.75, 3.05) is 13.7 Å². The van der Waals surface area contributed by atoms with E-state index < -0.39 is 5.41 Å². The molecule has 0 unspecified atom stereocenters. The van der Waals surface area contributed by atoms with Crippen LogP contribution in [0.5, 0.6) is 0 Å². The maximum atomic E-state index is 12.8. The van der Waals surface area contributed by atoms with Crippen LogP contribution < -0.4 is 0 Å². The van der Waals surface area contributed by atoms with Crippen molar-refractivity contribution in [2.24, 2.45) is 5.41 Å². The van der Waals surface area contributed by atoms with Gasteiger partial charge in [-0.25, -0.2) is 4.98 Å². The third-order valence-electron chi connectivity index (χ3n) is 6.18. The molecule has 0 N–H and O–H groups in total.